The topological polar surface area (TPSA) is 42.4 Å². The molecule has 0 aliphatic carbocycles. The number of furan rings is 1. The van der Waals surface area contributed by atoms with Crippen LogP contribution in [-0.2, 0) is 0 Å². The molecule has 11 aromatic rings. The molecule has 0 spiro atoms. The lowest BCUT2D eigenvalue weighted by Gasteiger charge is -2.26. The molecule has 0 aliphatic rings. The van der Waals surface area contributed by atoms with Crippen LogP contribution in [0, 0.1) is 0 Å². The SMILES string of the molecule is c1ccc(-c2cccc(N(c3ccc(-c4cccc5ccccc45)cc3)c3ccc(-c4cccc5oc(-c6ccc7c(c6)oc6ccccc67)nc45)cc3)c2)cc1. The first-order valence-electron chi connectivity index (χ1n) is 19.2. The fourth-order valence-electron chi connectivity index (χ4n) is 8.12. The van der Waals surface area contributed by atoms with E-state index in [4.69, 9.17) is 13.8 Å². The van der Waals surface area contributed by atoms with Gasteiger partial charge < -0.3 is 13.7 Å². The number of para-hydroxylation sites is 2. The van der Waals surface area contributed by atoms with Crippen molar-refractivity contribution in [3.05, 3.63) is 206 Å². The minimum absolute atomic E-state index is 0.563. The lowest BCUT2D eigenvalue weighted by molar-refractivity contribution is 0.619. The summed E-state index contributed by atoms with van der Waals surface area (Å²) in [5.74, 6) is 0.563. The highest BCUT2D eigenvalue weighted by Crippen LogP contribution is 2.40. The lowest BCUT2D eigenvalue weighted by atomic mass is 9.98. The molecule has 9 aromatic carbocycles. The quantitative estimate of drug-likeness (QED) is 0.164. The summed E-state index contributed by atoms with van der Waals surface area (Å²) in [5, 5.41) is 4.66. The Hall–Kier alpha value is -7.69. The molecular weight excluding hydrogens is 697 g/mol. The van der Waals surface area contributed by atoms with Gasteiger partial charge in [0.05, 0.1) is 0 Å². The third-order valence-electron chi connectivity index (χ3n) is 10.9. The maximum absolute atomic E-state index is 6.37. The molecule has 0 atom stereocenters. The Morgan fingerprint density at radius 3 is 1.75 bits per heavy atom. The predicted molar refractivity (Wildman–Crippen MR) is 235 cm³/mol. The van der Waals surface area contributed by atoms with Gasteiger partial charge in [-0.3, -0.25) is 0 Å². The van der Waals surface area contributed by atoms with Crippen LogP contribution in [0.5, 0.6) is 0 Å². The van der Waals surface area contributed by atoms with E-state index in [2.05, 4.69) is 175 Å². The van der Waals surface area contributed by atoms with Crippen molar-refractivity contribution in [3.8, 4) is 44.8 Å². The minimum Gasteiger partial charge on any atom is -0.456 e. The van der Waals surface area contributed by atoms with E-state index in [-0.39, 0.29) is 0 Å². The second kappa shape index (κ2) is 13.6. The molecule has 11 rings (SSSR count). The number of hydrogen-bond donors (Lipinski definition) is 0. The zero-order valence-electron chi connectivity index (χ0n) is 30.8. The number of hydrogen-bond acceptors (Lipinski definition) is 4. The Morgan fingerprint density at radius 2 is 0.930 bits per heavy atom. The first kappa shape index (κ1) is 32.7. The monoisotopic (exact) mass is 730 g/mol. The van der Waals surface area contributed by atoms with Gasteiger partial charge >= 0.3 is 0 Å². The van der Waals surface area contributed by atoms with Gasteiger partial charge in [0, 0.05) is 39.0 Å². The molecule has 57 heavy (non-hydrogen) atoms. The average Bonchev–Trinajstić information content (AvgIpc) is 3.89. The van der Waals surface area contributed by atoms with Crippen molar-refractivity contribution in [3.63, 3.8) is 0 Å². The van der Waals surface area contributed by atoms with Gasteiger partial charge in [0.1, 0.15) is 16.7 Å². The Labute approximate surface area is 329 Å². The molecule has 0 amide bonds. The molecule has 4 nitrogen and oxygen atoms in total. The maximum Gasteiger partial charge on any atom is 0.227 e. The lowest BCUT2D eigenvalue weighted by Crippen LogP contribution is -2.10. The van der Waals surface area contributed by atoms with Gasteiger partial charge in [-0.15, -0.1) is 0 Å². The van der Waals surface area contributed by atoms with Crippen LogP contribution in [0.3, 0.4) is 0 Å². The van der Waals surface area contributed by atoms with Crippen LogP contribution in [0.25, 0.3) is 88.6 Å². The Balaban J connectivity index is 0.972. The summed E-state index contributed by atoms with van der Waals surface area (Å²) in [6.07, 6.45) is 0. The van der Waals surface area contributed by atoms with Crippen LogP contribution in [0.1, 0.15) is 0 Å². The molecule has 4 heteroatoms. The zero-order chi connectivity index (χ0) is 37.7. The van der Waals surface area contributed by atoms with Crippen molar-refractivity contribution in [2.75, 3.05) is 4.90 Å². The molecule has 0 bridgehead atoms. The number of oxazole rings is 1. The van der Waals surface area contributed by atoms with Gasteiger partial charge in [-0.2, -0.15) is 0 Å². The highest BCUT2D eigenvalue weighted by molar-refractivity contribution is 6.06. The highest BCUT2D eigenvalue weighted by Gasteiger charge is 2.18. The van der Waals surface area contributed by atoms with E-state index in [1.54, 1.807) is 0 Å². The predicted octanol–water partition coefficient (Wildman–Crippen LogP) is 15.0. The van der Waals surface area contributed by atoms with Gasteiger partial charge in [0.25, 0.3) is 0 Å². The fraction of sp³-hybridized carbons (Fsp3) is 0. The van der Waals surface area contributed by atoms with Crippen LogP contribution >= 0.6 is 0 Å². The molecule has 0 aliphatic heterocycles. The minimum atomic E-state index is 0.563. The molecule has 0 N–H and O–H groups in total. The third kappa shape index (κ3) is 5.83. The Morgan fingerprint density at radius 1 is 0.333 bits per heavy atom. The van der Waals surface area contributed by atoms with Crippen molar-refractivity contribution in [1.29, 1.82) is 0 Å². The second-order valence-electron chi connectivity index (χ2n) is 14.4. The molecule has 0 unspecified atom stereocenters. The standard InChI is InChI=1S/C53H34N2O2/c1-2-11-35(12-3-1)39-15-8-16-43(33-39)55(41-28-23-37(24-29-41)45-19-9-14-36-13-4-5-17-44(36)45)42-30-25-38(26-31-42)46-20-10-22-50-52(46)54-53(57-50)40-27-32-48-47-18-6-7-21-49(47)56-51(48)34-40/h1-34H. The van der Waals surface area contributed by atoms with Crippen molar-refractivity contribution in [1.82, 2.24) is 4.98 Å². The molecule has 2 aromatic heterocycles. The normalized spacial score (nSPS) is 11.5. The summed E-state index contributed by atoms with van der Waals surface area (Å²) in [6, 6.07) is 72.4. The van der Waals surface area contributed by atoms with E-state index < -0.39 is 0 Å². The summed E-state index contributed by atoms with van der Waals surface area (Å²) >= 11 is 0. The van der Waals surface area contributed by atoms with E-state index in [1.165, 1.54) is 27.5 Å². The van der Waals surface area contributed by atoms with E-state index >= 15 is 0 Å². The second-order valence-corrected chi connectivity index (χ2v) is 14.4. The van der Waals surface area contributed by atoms with E-state index in [9.17, 15) is 0 Å². The summed E-state index contributed by atoms with van der Waals surface area (Å²) in [5.41, 5.74) is 14.1. The van der Waals surface area contributed by atoms with E-state index in [0.29, 0.717) is 5.89 Å². The van der Waals surface area contributed by atoms with Gasteiger partial charge in [-0.25, -0.2) is 4.98 Å². The van der Waals surface area contributed by atoms with E-state index in [0.717, 1.165) is 72.4 Å². The van der Waals surface area contributed by atoms with Gasteiger partial charge in [-0.05, 0) is 105 Å². The number of nitrogens with zero attached hydrogens (tertiary/aromatic N) is 2. The maximum atomic E-state index is 6.37. The summed E-state index contributed by atoms with van der Waals surface area (Å²) in [4.78, 5) is 7.37. The Bertz CT molecular complexity index is 3230. The summed E-state index contributed by atoms with van der Waals surface area (Å²) in [6.45, 7) is 0. The molecule has 0 radical (unpaired) electrons. The van der Waals surface area contributed by atoms with E-state index in [1.807, 2.05) is 36.4 Å². The van der Waals surface area contributed by atoms with Gasteiger partial charge in [0.2, 0.25) is 5.89 Å². The summed E-state index contributed by atoms with van der Waals surface area (Å²) in [7, 11) is 0. The molecule has 0 fully saturated rings. The summed E-state index contributed by atoms with van der Waals surface area (Å²) < 4.78 is 12.5. The van der Waals surface area contributed by atoms with Crippen molar-refractivity contribution in [2.45, 2.75) is 0 Å². The van der Waals surface area contributed by atoms with Crippen molar-refractivity contribution in [2.24, 2.45) is 0 Å². The number of anilines is 3. The zero-order valence-corrected chi connectivity index (χ0v) is 30.8. The molecular formula is C53H34N2O2. The number of fused-ring (bicyclic) bond motifs is 5. The highest BCUT2D eigenvalue weighted by atomic mass is 16.3. The first-order valence-corrected chi connectivity index (χ1v) is 19.2. The largest absolute Gasteiger partial charge is 0.456 e. The van der Waals surface area contributed by atoms with Crippen LogP contribution < -0.4 is 4.90 Å². The number of rotatable bonds is 7. The fourth-order valence-corrected chi connectivity index (χ4v) is 8.12. The molecule has 268 valence electrons. The van der Waals surface area contributed by atoms with Gasteiger partial charge in [0.15, 0.2) is 5.58 Å². The van der Waals surface area contributed by atoms with Crippen molar-refractivity contribution >= 4 is 60.9 Å². The van der Waals surface area contributed by atoms with Crippen LogP contribution in [0.2, 0.25) is 0 Å². The Kier molecular flexibility index (Phi) is 7.78. The smallest absolute Gasteiger partial charge is 0.227 e. The molecule has 0 saturated carbocycles. The third-order valence-corrected chi connectivity index (χ3v) is 10.9. The van der Waals surface area contributed by atoms with Crippen LogP contribution in [-0.4, -0.2) is 4.98 Å². The van der Waals surface area contributed by atoms with Crippen molar-refractivity contribution < 1.29 is 8.83 Å². The number of aromatic nitrogens is 1. The number of benzene rings is 9. The van der Waals surface area contributed by atoms with Crippen LogP contribution in [0.4, 0.5) is 17.1 Å². The average molecular weight is 731 g/mol. The molecule has 0 saturated heterocycles. The first-order chi connectivity index (χ1) is 28.2. The molecule has 2 heterocycles. The van der Waals surface area contributed by atoms with Crippen LogP contribution in [0.15, 0.2) is 215 Å². The van der Waals surface area contributed by atoms with Gasteiger partial charge in [-0.1, -0.05) is 140 Å².